The highest BCUT2D eigenvalue weighted by Gasteiger charge is 2.32. The number of pyridine rings is 1. The highest BCUT2D eigenvalue weighted by Crippen LogP contribution is 2.27. The molecule has 2 rings (SSSR count). The summed E-state index contributed by atoms with van der Waals surface area (Å²) in [5, 5.41) is 5.33. The van der Waals surface area contributed by atoms with Gasteiger partial charge in [-0.3, -0.25) is 4.98 Å². The van der Waals surface area contributed by atoms with Crippen LogP contribution in [0.2, 0.25) is 0 Å². The number of allylic oxidation sites excluding steroid dienone is 1. The van der Waals surface area contributed by atoms with E-state index in [1.54, 1.807) is 45.3 Å². The maximum absolute atomic E-state index is 12.2. The van der Waals surface area contributed by atoms with Gasteiger partial charge in [0.1, 0.15) is 0 Å². The molecule has 6 nitrogen and oxygen atoms in total. The Balaban J connectivity index is 2.39. The second-order valence-electron chi connectivity index (χ2n) is 4.80. The molecule has 20 heavy (non-hydrogen) atoms. The number of urea groups is 1. The van der Waals surface area contributed by atoms with Crippen LogP contribution in [0.1, 0.15) is 32.4 Å². The summed E-state index contributed by atoms with van der Waals surface area (Å²) in [7, 11) is 0. The predicted octanol–water partition coefficient (Wildman–Crippen LogP) is 1.66. The zero-order valence-corrected chi connectivity index (χ0v) is 11.6. The van der Waals surface area contributed by atoms with Crippen LogP contribution in [-0.4, -0.2) is 23.1 Å². The van der Waals surface area contributed by atoms with Gasteiger partial charge in [-0.15, -0.1) is 0 Å². The maximum Gasteiger partial charge on any atom is 0.338 e. The number of hydrogen-bond donors (Lipinski definition) is 2. The van der Waals surface area contributed by atoms with Crippen LogP contribution in [0.25, 0.3) is 0 Å². The lowest BCUT2D eigenvalue weighted by Gasteiger charge is -2.28. The van der Waals surface area contributed by atoms with Crippen LogP contribution in [-0.2, 0) is 9.53 Å². The van der Waals surface area contributed by atoms with Crippen LogP contribution in [0.3, 0.4) is 0 Å². The quantitative estimate of drug-likeness (QED) is 0.822. The first-order chi connectivity index (χ1) is 9.49. The fourth-order valence-electron chi connectivity index (χ4n) is 2.05. The molecule has 1 aliphatic heterocycles. The van der Waals surface area contributed by atoms with Gasteiger partial charge in [-0.2, -0.15) is 0 Å². The molecule has 2 heterocycles. The van der Waals surface area contributed by atoms with Crippen molar-refractivity contribution in [2.24, 2.45) is 0 Å². The van der Waals surface area contributed by atoms with E-state index in [2.05, 4.69) is 15.6 Å². The molecule has 2 N–H and O–H groups in total. The normalized spacial score (nSPS) is 18.6. The van der Waals surface area contributed by atoms with Crippen molar-refractivity contribution in [1.29, 1.82) is 0 Å². The number of esters is 1. The fourth-order valence-corrected chi connectivity index (χ4v) is 2.05. The second kappa shape index (κ2) is 5.73. The first kappa shape index (κ1) is 14.0. The molecule has 1 atom stereocenters. The van der Waals surface area contributed by atoms with Gasteiger partial charge < -0.3 is 15.4 Å². The Morgan fingerprint density at radius 3 is 2.60 bits per heavy atom. The van der Waals surface area contributed by atoms with E-state index in [0.717, 1.165) is 5.56 Å². The molecule has 1 aromatic rings. The van der Waals surface area contributed by atoms with Gasteiger partial charge in [0, 0.05) is 18.1 Å². The monoisotopic (exact) mass is 275 g/mol. The first-order valence-electron chi connectivity index (χ1n) is 6.38. The highest BCUT2D eigenvalue weighted by atomic mass is 16.5. The minimum atomic E-state index is -0.530. The van der Waals surface area contributed by atoms with E-state index in [0.29, 0.717) is 11.3 Å². The Morgan fingerprint density at radius 2 is 2.00 bits per heavy atom. The van der Waals surface area contributed by atoms with Gasteiger partial charge in [0.05, 0.1) is 17.7 Å². The number of nitrogens with zero attached hydrogens (tertiary/aromatic N) is 1. The number of hydrogen-bond acceptors (Lipinski definition) is 4. The number of nitrogens with one attached hydrogen (secondary N) is 2. The Hall–Kier alpha value is -2.37. The smallest absolute Gasteiger partial charge is 0.338 e. The number of ether oxygens (including phenoxy) is 1. The van der Waals surface area contributed by atoms with Gasteiger partial charge in [0.25, 0.3) is 0 Å². The lowest BCUT2D eigenvalue weighted by molar-refractivity contribution is -0.143. The lowest BCUT2D eigenvalue weighted by atomic mass is 9.96. The third-order valence-electron chi connectivity index (χ3n) is 2.87. The molecule has 0 radical (unpaired) electrons. The van der Waals surface area contributed by atoms with Crippen molar-refractivity contribution in [3.05, 3.63) is 41.4 Å². The van der Waals surface area contributed by atoms with E-state index >= 15 is 0 Å². The van der Waals surface area contributed by atoms with Crippen molar-refractivity contribution in [3.63, 3.8) is 0 Å². The van der Waals surface area contributed by atoms with E-state index in [1.807, 2.05) is 0 Å². The number of rotatable bonds is 3. The van der Waals surface area contributed by atoms with Crippen LogP contribution >= 0.6 is 0 Å². The summed E-state index contributed by atoms with van der Waals surface area (Å²) >= 11 is 0. The van der Waals surface area contributed by atoms with Gasteiger partial charge in [-0.05, 0) is 38.5 Å². The predicted molar refractivity (Wildman–Crippen MR) is 72.6 cm³/mol. The van der Waals surface area contributed by atoms with Gasteiger partial charge in [0.15, 0.2) is 0 Å². The fraction of sp³-hybridized carbons (Fsp3) is 0.357. The summed E-state index contributed by atoms with van der Waals surface area (Å²) < 4.78 is 5.24. The van der Waals surface area contributed by atoms with Crippen molar-refractivity contribution in [3.8, 4) is 0 Å². The van der Waals surface area contributed by atoms with E-state index < -0.39 is 12.0 Å². The van der Waals surface area contributed by atoms with Gasteiger partial charge in [0.2, 0.25) is 0 Å². The van der Waals surface area contributed by atoms with Gasteiger partial charge in [-0.1, -0.05) is 0 Å². The van der Waals surface area contributed by atoms with Gasteiger partial charge >= 0.3 is 12.0 Å². The van der Waals surface area contributed by atoms with Crippen LogP contribution in [0, 0.1) is 0 Å². The molecule has 0 aliphatic carbocycles. The van der Waals surface area contributed by atoms with E-state index in [1.165, 1.54) is 0 Å². The third kappa shape index (κ3) is 2.96. The summed E-state index contributed by atoms with van der Waals surface area (Å²) in [6, 6.07) is 2.64. The molecule has 0 saturated carbocycles. The summed E-state index contributed by atoms with van der Waals surface area (Å²) in [4.78, 5) is 27.8. The third-order valence-corrected chi connectivity index (χ3v) is 2.87. The Bertz CT molecular complexity index is 552. The number of carbonyl (C=O) groups excluding carboxylic acids is 2. The Labute approximate surface area is 117 Å². The molecule has 0 bridgehead atoms. The molecule has 0 aromatic carbocycles. The average molecular weight is 275 g/mol. The second-order valence-corrected chi connectivity index (χ2v) is 4.80. The molecular weight excluding hydrogens is 258 g/mol. The SMILES string of the molecule is CC1=C(C(=O)OC(C)C)[C@@H](c2ccncc2)NC(=O)N1. The summed E-state index contributed by atoms with van der Waals surface area (Å²) in [5.41, 5.74) is 1.69. The first-order valence-corrected chi connectivity index (χ1v) is 6.38. The molecular formula is C14H17N3O3. The van der Waals surface area contributed by atoms with E-state index in [-0.39, 0.29) is 12.1 Å². The summed E-state index contributed by atoms with van der Waals surface area (Å²) in [6.07, 6.45) is 3.01. The van der Waals surface area contributed by atoms with Crippen molar-refractivity contribution >= 4 is 12.0 Å². The van der Waals surface area contributed by atoms with Crippen LogP contribution in [0.5, 0.6) is 0 Å². The lowest BCUT2D eigenvalue weighted by Crippen LogP contribution is -2.45. The number of carbonyl (C=O) groups is 2. The molecule has 6 heteroatoms. The Kier molecular flexibility index (Phi) is 4.02. The van der Waals surface area contributed by atoms with Crippen LogP contribution in [0.4, 0.5) is 4.79 Å². The zero-order chi connectivity index (χ0) is 14.7. The maximum atomic E-state index is 12.2. The highest BCUT2D eigenvalue weighted by molar-refractivity contribution is 5.95. The van der Waals surface area contributed by atoms with Crippen LogP contribution in [0.15, 0.2) is 35.8 Å². The standard InChI is InChI=1S/C14H17N3O3/c1-8(2)20-13(18)11-9(3)16-14(19)17-12(11)10-4-6-15-7-5-10/h4-8,12H,1-3H3,(H2,16,17,19)/t12-/m1/s1. The minimum Gasteiger partial charge on any atom is -0.459 e. The van der Waals surface area contributed by atoms with Crippen molar-refractivity contribution in [2.45, 2.75) is 32.9 Å². The van der Waals surface area contributed by atoms with Gasteiger partial charge in [-0.25, -0.2) is 9.59 Å². The molecule has 1 aliphatic rings. The van der Waals surface area contributed by atoms with Crippen molar-refractivity contribution in [2.75, 3.05) is 0 Å². The molecule has 0 fully saturated rings. The molecule has 0 saturated heterocycles. The van der Waals surface area contributed by atoms with E-state index in [4.69, 9.17) is 4.74 Å². The molecule has 0 spiro atoms. The number of amides is 2. The minimum absolute atomic E-state index is 0.224. The average Bonchev–Trinajstić information content (AvgIpc) is 2.37. The zero-order valence-electron chi connectivity index (χ0n) is 11.6. The Morgan fingerprint density at radius 1 is 1.35 bits per heavy atom. The largest absolute Gasteiger partial charge is 0.459 e. The van der Waals surface area contributed by atoms with E-state index in [9.17, 15) is 9.59 Å². The molecule has 1 aromatic heterocycles. The number of aromatic nitrogens is 1. The summed E-state index contributed by atoms with van der Waals surface area (Å²) in [5.74, 6) is -0.438. The summed E-state index contributed by atoms with van der Waals surface area (Å²) in [6.45, 7) is 5.25. The topological polar surface area (TPSA) is 80.3 Å². The van der Waals surface area contributed by atoms with Crippen LogP contribution < -0.4 is 10.6 Å². The van der Waals surface area contributed by atoms with Crippen molar-refractivity contribution in [1.82, 2.24) is 15.6 Å². The molecule has 106 valence electrons. The molecule has 2 amide bonds. The molecule has 0 unspecified atom stereocenters. The van der Waals surface area contributed by atoms with Crippen molar-refractivity contribution < 1.29 is 14.3 Å².